The number of carbonyl (C=O) groups is 2. The van der Waals surface area contributed by atoms with Gasteiger partial charge in [0.2, 0.25) is 0 Å². The largest absolute Gasteiger partial charge is 0.493 e. The third-order valence-electron chi connectivity index (χ3n) is 3.52. The number of benzene rings is 2. The molecule has 2 aromatic rings. The number of hydrogen-bond donors (Lipinski definition) is 1. The van der Waals surface area contributed by atoms with Crippen LogP contribution in [0.3, 0.4) is 0 Å². The second-order valence-electron chi connectivity index (χ2n) is 5.61. The number of anilines is 1. The van der Waals surface area contributed by atoms with Gasteiger partial charge in [-0.3, -0.25) is 9.59 Å². The van der Waals surface area contributed by atoms with Gasteiger partial charge in [0.05, 0.1) is 23.7 Å². The van der Waals surface area contributed by atoms with E-state index in [4.69, 9.17) is 32.7 Å². The summed E-state index contributed by atoms with van der Waals surface area (Å²) in [5.41, 5.74) is 1.34. The Balaban J connectivity index is 1.79. The Hall–Kier alpha value is -2.24. The molecule has 0 aromatic heterocycles. The van der Waals surface area contributed by atoms with Crippen molar-refractivity contribution in [3.8, 4) is 5.75 Å². The fourth-order valence-electron chi connectivity index (χ4n) is 2.10. The SMILES string of the molecule is Cc1ccccc1OCCC(=O)O[C@@H](C)C(=O)Nc1cc(Cl)ccc1Cl. The summed E-state index contributed by atoms with van der Waals surface area (Å²) < 4.78 is 10.7. The highest BCUT2D eigenvalue weighted by Gasteiger charge is 2.19. The zero-order valence-electron chi connectivity index (χ0n) is 14.4. The van der Waals surface area contributed by atoms with Crippen LogP contribution in [0.4, 0.5) is 5.69 Å². The molecule has 138 valence electrons. The minimum Gasteiger partial charge on any atom is -0.493 e. The molecule has 5 nitrogen and oxygen atoms in total. The van der Waals surface area contributed by atoms with Crippen LogP contribution < -0.4 is 10.1 Å². The summed E-state index contributed by atoms with van der Waals surface area (Å²) in [6, 6.07) is 12.2. The number of aryl methyl sites for hydroxylation is 1. The van der Waals surface area contributed by atoms with Gasteiger partial charge in [-0.05, 0) is 43.7 Å². The lowest BCUT2D eigenvalue weighted by atomic mass is 10.2. The van der Waals surface area contributed by atoms with E-state index in [1.54, 1.807) is 12.1 Å². The Morgan fingerprint density at radius 1 is 1.15 bits per heavy atom. The summed E-state index contributed by atoms with van der Waals surface area (Å²) in [6.07, 6.45) is -0.944. The van der Waals surface area contributed by atoms with Crippen LogP contribution in [-0.4, -0.2) is 24.6 Å². The normalized spacial score (nSPS) is 11.5. The van der Waals surface area contributed by atoms with Crippen LogP contribution in [0.15, 0.2) is 42.5 Å². The van der Waals surface area contributed by atoms with Crippen molar-refractivity contribution in [2.75, 3.05) is 11.9 Å². The van der Waals surface area contributed by atoms with Gasteiger partial charge in [-0.15, -0.1) is 0 Å². The van der Waals surface area contributed by atoms with Gasteiger partial charge in [0.1, 0.15) is 5.75 Å². The fraction of sp³-hybridized carbons (Fsp3) is 0.263. The zero-order valence-corrected chi connectivity index (χ0v) is 15.9. The zero-order chi connectivity index (χ0) is 19.1. The van der Waals surface area contributed by atoms with Crippen molar-refractivity contribution in [1.82, 2.24) is 0 Å². The van der Waals surface area contributed by atoms with Crippen molar-refractivity contribution in [2.45, 2.75) is 26.4 Å². The molecule has 1 N–H and O–H groups in total. The molecule has 0 unspecified atom stereocenters. The number of hydrogen-bond acceptors (Lipinski definition) is 4. The van der Waals surface area contributed by atoms with Gasteiger partial charge in [0.25, 0.3) is 5.91 Å². The number of ether oxygens (including phenoxy) is 2. The lowest BCUT2D eigenvalue weighted by Gasteiger charge is -2.15. The van der Waals surface area contributed by atoms with Crippen LogP contribution in [-0.2, 0) is 14.3 Å². The van der Waals surface area contributed by atoms with E-state index in [-0.39, 0.29) is 13.0 Å². The van der Waals surface area contributed by atoms with Gasteiger partial charge < -0.3 is 14.8 Å². The Labute approximate surface area is 162 Å². The van der Waals surface area contributed by atoms with E-state index in [0.717, 1.165) is 5.56 Å². The Morgan fingerprint density at radius 3 is 2.62 bits per heavy atom. The summed E-state index contributed by atoms with van der Waals surface area (Å²) in [6.45, 7) is 3.56. The van der Waals surface area contributed by atoms with Crippen LogP contribution in [0.2, 0.25) is 10.0 Å². The van der Waals surface area contributed by atoms with Crippen LogP contribution in [0, 0.1) is 6.92 Å². The van der Waals surface area contributed by atoms with Crippen LogP contribution in [0.1, 0.15) is 18.9 Å². The third-order valence-corrected chi connectivity index (χ3v) is 4.09. The summed E-state index contributed by atoms with van der Waals surface area (Å²) in [5, 5.41) is 3.36. The van der Waals surface area contributed by atoms with Gasteiger partial charge in [0, 0.05) is 5.02 Å². The summed E-state index contributed by atoms with van der Waals surface area (Å²) >= 11 is 11.9. The molecule has 0 aliphatic heterocycles. The third kappa shape index (κ3) is 5.93. The van der Waals surface area contributed by atoms with E-state index in [1.165, 1.54) is 13.0 Å². The number of para-hydroxylation sites is 1. The van der Waals surface area contributed by atoms with Crippen LogP contribution in [0.5, 0.6) is 5.75 Å². The van der Waals surface area contributed by atoms with Crippen molar-refractivity contribution >= 4 is 40.8 Å². The lowest BCUT2D eigenvalue weighted by Crippen LogP contribution is -2.30. The standard InChI is InChI=1S/C19H19Cl2NO4/c1-12-5-3-4-6-17(12)25-10-9-18(23)26-13(2)19(24)22-16-11-14(20)7-8-15(16)21/h3-8,11,13H,9-10H2,1-2H3,(H,22,24)/t13-/m0/s1. The Morgan fingerprint density at radius 2 is 1.88 bits per heavy atom. The summed E-state index contributed by atoms with van der Waals surface area (Å²) in [4.78, 5) is 24.0. The van der Waals surface area contributed by atoms with E-state index in [2.05, 4.69) is 5.32 Å². The molecule has 0 aliphatic rings. The second-order valence-corrected chi connectivity index (χ2v) is 6.45. The molecular formula is C19H19Cl2NO4. The van der Waals surface area contributed by atoms with Crippen molar-refractivity contribution in [1.29, 1.82) is 0 Å². The Bertz CT molecular complexity index is 795. The first-order chi connectivity index (χ1) is 12.4. The molecule has 1 atom stereocenters. The smallest absolute Gasteiger partial charge is 0.310 e. The average molecular weight is 396 g/mol. The van der Waals surface area contributed by atoms with Gasteiger partial charge in [-0.1, -0.05) is 41.4 Å². The minimum absolute atomic E-state index is 0.0316. The van der Waals surface area contributed by atoms with E-state index in [1.807, 2.05) is 31.2 Å². The van der Waals surface area contributed by atoms with Gasteiger partial charge >= 0.3 is 5.97 Å². The highest BCUT2D eigenvalue weighted by atomic mass is 35.5. The maximum Gasteiger partial charge on any atom is 0.310 e. The van der Waals surface area contributed by atoms with Crippen LogP contribution in [0.25, 0.3) is 0 Å². The summed E-state index contributed by atoms with van der Waals surface area (Å²) in [7, 11) is 0. The molecule has 0 bridgehead atoms. The monoisotopic (exact) mass is 395 g/mol. The quantitative estimate of drug-likeness (QED) is 0.693. The van der Waals surface area contributed by atoms with E-state index >= 15 is 0 Å². The molecule has 0 heterocycles. The maximum absolute atomic E-state index is 12.1. The fourth-order valence-corrected chi connectivity index (χ4v) is 2.44. The lowest BCUT2D eigenvalue weighted by molar-refractivity contribution is -0.153. The van der Waals surface area contributed by atoms with Gasteiger partial charge in [-0.25, -0.2) is 0 Å². The van der Waals surface area contributed by atoms with E-state index in [9.17, 15) is 9.59 Å². The Kier molecular flexibility index (Phi) is 7.30. The van der Waals surface area contributed by atoms with E-state index in [0.29, 0.717) is 21.5 Å². The van der Waals surface area contributed by atoms with E-state index < -0.39 is 18.0 Å². The highest BCUT2D eigenvalue weighted by molar-refractivity contribution is 6.35. The van der Waals surface area contributed by atoms with Crippen molar-refractivity contribution in [3.63, 3.8) is 0 Å². The van der Waals surface area contributed by atoms with Crippen molar-refractivity contribution in [2.24, 2.45) is 0 Å². The molecule has 0 fully saturated rings. The van der Waals surface area contributed by atoms with Gasteiger partial charge in [-0.2, -0.15) is 0 Å². The second kappa shape index (κ2) is 9.46. The maximum atomic E-state index is 12.1. The molecule has 0 aliphatic carbocycles. The molecule has 2 aromatic carbocycles. The molecule has 7 heteroatoms. The first kappa shape index (κ1) is 20.1. The van der Waals surface area contributed by atoms with Crippen molar-refractivity contribution < 1.29 is 19.1 Å². The first-order valence-electron chi connectivity index (χ1n) is 8.00. The number of rotatable bonds is 7. The molecule has 0 radical (unpaired) electrons. The first-order valence-corrected chi connectivity index (χ1v) is 8.76. The van der Waals surface area contributed by atoms with Gasteiger partial charge in [0.15, 0.2) is 6.10 Å². The number of halogens is 2. The summed E-state index contributed by atoms with van der Waals surface area (Å²) in [5.74, 6) is -0.317. The number of carbonyl (C=O) groups excluding carboxylic acids is 2. The average Bonchev–Trinajstić information content (AvgIpc) is 2.59. The molecule has 2 rings (SSSR count). The van der Waals surface area contributed by atoms with Crippen molar-refractivity contribution in [3.05, 3.63) is 58.1 Å². The molecule has 0 saturated heterocycles. The predicted molar refractivity (Wildman–Crippen MR) is 102 cm³/mol. The molecule has 0 spiro atoms. The number of amides is 1. The molecular weight excluding hydrogens is 377 g/mol. The molecule has 1 amide bonds. The molecule has 26 heavy (non-hydrogen) atoms. The highest BCUT2D eigenvalue weighted by Crippen LogP contribution is 2.25. The predicted octanol–water partition coefficient (Wildman–Crippen LogP) is 4.64. The molecule has 0 saturated carbocycles. The number of esters is 1. The number of nitrogens with one attached hydrogen (secondary N) is 1. The topological polar surface area (TPSA) is 64.6 Å². The van der Waals surface area contributed by atoms with Crippen LogP contribution >= 0.6 is 23.2 Å². The minimum atomic E-state index is -0.976.